The number of hydrogen-bond acceptors (Lipinski definition) is 4. The third-order valence-corrected chi connectivity index (χ3v) is 5.21. The van der Waals surface area contributed by atoms with Crippen LogP contribution < -0.4 is 5.32 Å². The summed E-state index contributed by atoms with van der Waals surface area (Å²) in [4.78, 5) is 26.4. The van der Waals surface area contributed by atoms with Gasteiger partial charge >= 0.3 is 5.97 Å². The van der Waals surface area contributed by atoms with Crippen molar-refractivity contribution in [3.63, 3.8) is 0 Å². The number of amides is 1. The Balaban J connectivity index is 1.70. The zero-order valence-electron chi connectivity index (χ0n) is 15.3. The van der Waals surface area contributed by atoms with Crippen LogP contribution in [0.3, 0.4) is 0 Å². The van der Waals surface area contributed by atoms with Gasteiger partial charge in [-0.1, -0.05) is 29.8 Å². The van der Waals surface area contributed by atoms with Crippen LogP contribution in [0.5, 0.6) is 0 Å². The van der Waals surface area contributed by atoms with Gasteiger partial charge in [0.25, 0.3) is 5.91 Å². The molecular weight excluding hydrogens is 364 g/mol. The number of nitrogens with zero attached hydrogens (tertiary/aromatic N) is 1. The highest BCUT2D eigenvalue weighted by Gasteiger charge is 2.25. The van der Waals surface area contributed by atoms with Crippen LogP contribution in [-0.4, -0.2) is 43.5 Å². The van der Waals surface area contributed by atoms with E-state index >= 15 is 0 Å². The topological polar surface area (TPSA) is 58.6 Å². The lowest BCUT2D eigenvalue weighted by Crippen LogP contribution is -2.37. The van der Waals surface area contributed by atoms with Gasteiger partial charge in [-0.15, -0.1) is 0 Å². The average molecular weight is 387 g/mol. The molecule has 27 heavy (non-hydrogen) atoms. The number of hydrogen-bond donors (Lipinski definition) is 1. The summed E-state index contributed by atoms with van der Waals surface area (Å²) in [5.74, 6) is -0.600. The normalized spacial score (nSPS) is 15.3. The van der Waals surface area contributed by atoms with Crippen LogP contribution in [0.25, 0.3) is 0 Å². The molecule has 0 spiro atoms. The molecule has 6 heteroatoms. The number of likely N-dealkylation sites (tertiary alicyclic amines) is 1. The highest BCUT2D eigenvalue weighted by molar-refractivity contribution is 6.31. The molecule has 1 amide bonds. The summed E-state index contributed by atoms with van der Waals surface area (Å²) in [7, 11) is 1.33. The average Bonchev–Trinajstić information content (AvgIpc) is 3.23. The van der Waals surface area contributed by atoms with Crippen molar-refractivity contribution in [3.8, 4) is 0 Å². The molecular formula is C21H23ClN2O3. The molecule has 1 heterocycles. The number of carbonyl (C=O) groups excluding carboxylic acids is 2. The first-order chi connectivity index (χ1) is 13.1. The second kappa shape index (κ2) is 9.02. The summed E-state index contributed by atoms with van der Waals surface area (Å²) in [5, 5.41) is 3.72. The molecule has 5 nitrogen and oxygen atoms in total. The van der Waals surface area contributed by atoms with E-state index in [0.717, 1.165) is 31.5 Å². The van der Waals surface area contributed by atoms with Crippen molar-refractivity contribution in [2.75, 3.05) is 26.7 Å². The summed E-state index contributed by atoms with van der Waals surface area (Å²) in [6, 6.07) is 14.3. The molecule has 1 atom stereocenters. The Morgan fingerprint density at radius 1 is 1.07 bits per heavy atom. The molecule has 2 aromatic carbocycles. The SMILES string of the molecule is COC(=O)c1ccc(C(=O)NCC(c2ccccc2Cl)N2CCCC2)cc1. The molecule has 3 rings (SSSR count). The van der Waals surface area contributed by atoms with Crippen molar-refractivity contribution >= 4 is 23.5 Å². The van der Waals surface area contributed by atoms with Crippen molar-refractivity contribution in [1.29, 1.82) is 0 Å². The molecule has 142 valence electrons. The van der Waals surface area contributed by atoms with E-state index < -0.39 is 5.97 Å². The van der Waals surface area contributed by atoms with Gasteiger partial charge in [0.2, 0.25) is 0 Å². The molecule has 0 bridgehead atoms. The molecule has 1 fully saturated rings. The Hall–Kier alpha value is -2.37. The third-order valence-electron chi connectivity index (χ3n) is 4.87. The van der Waals surface area contributed by atoms with Crippen LogP contribution in [0.1, 0.15) is 45.2 Å². The van der Waals surface area contributed by atoms with Crippen LogP contribution in [-0.2, 0) is 4.74 Å². The van der Waals surface area contributed by atoms with Crippen LogP contribution >= 0.6 is 11.6 Å². The smallest absolute Gasteiger partial charge is 0.337 e. The largest absolute Gasteiger partial charge is 0.465 e. The molecule has 0 saturated carbocycles. The van der Waals surface area contributed by atoms with Crippen LogP contribution in [0, 0.1) is 0 Å². The first kappa shape index (κ1) is 19.4. The van der Waals surface area contributed by atoms with Crippen molar-refractivity contribution in [2.24, 2.45) is 0 Å². The fourth-order valence-electron chi connectivity index (χ4n) is 3.40. The van der Waals surface area contributed by atoms with Gasteiger partial charge in [0.05, 0.1) is 18.7 Å². The molecule has 1 aliphatic rings. The van der Waals surface area contributed by atoms with Crippen LogP contribution in [0.2, 0.25) is 5.02 Å². The van der Waals surface area contributed by atoms with E-state index in [9.17, 15) is 9.59 Å². The van der Waals surface area contributed by atoms with Crippen molar-refractivity contribution in [3.05, 3.63) is 70.2 Å². The first-order valence-electron chi connectivity index (χ1n) is 9.05. The highest BCUT2D eigenvalue weighted by atomic mass is 35.5. The predicted octanol–water partition coefficient (Wildman–Crippen LogP) is 3.69. The minimum atomic E-state index is -0.422. The van der Waals surface area contributed by atoms with E-state index in [4.69, 9.17) is 11.6 Å². The molecule has 0 aromatic heterocycles. The molecule has 1 saturated heterocycles. The third kappa shape index (κ3) is 4.67. The second-order valence-corrected chi connectivity index (χ2v) is 6.97. The fraction of sp³-hybridized carbons (Fsp3) is 0.333. The summed E-state index contributed by atoms with van der Waals surface area (Å²) in [6.45, 7) is 2.47. The summed E-state index contributed by atoms with van der Waals surface area (Å²) >= 11 is 6.41. The number of rotatable bonds is 6. The second-order valence-electron chi connectivity index (χ2n) is 6.56. The molecule has 1 aliphatic heterocycles. The van der Waals surface area contributed by atoms with E-state index in [1.165, 1.54) is 7.11 Å². The van der Waals surface area contributed by atoms with E-state index in [0.29, 0.717) is 22.7 Å². The Bertz CT molecular complexity index is 801. The number of nitrogens with one attached hydrogen (secondary N) is 1. The Labute approximate surface area is 164 Å². The number of benzene rings is 2. The highest BCUT2D eigenvalue weighted by Crippen LogP contribution is 2.29. The summed E-state index contributed by atoms with van der Waals surface area (Å²) in [5.41, 5.74) is 1.95. The summed E-state index contributed by atoms with van der Waals surface area (Å²) < 4.78 is 4.68. The molecule has 1 unspecified atom stereocenters. The van der Waals surface area contributed by atoms with Gasteiger partial charge in [-0.25, -0.2) is 4.79 Å². The lowest BCUT2D eigenvalue weighted by Gasteiger charge is -2.29. The number of halogens is 1. The Morgan fingerprint density at radius 2 is 1.70 bits per heavy atom. The number of methoxy groups -OCH3 is 1. The Morgan fingerprint density at radius 3 is 2.33 bits per heavy atom. The molecule has 1 N–H and O–H groups in total. The molecule has 2 aromatic rings. The number of ether oxygens (including phenoxy) is 1. The standard InChI is InChI=1S/C21H23ClN2O3/c1-27-21(26)16-10-8-15(9-11-16)20(25)23-14-19(24-12-4-5-13-24)17-6-2-3-7-18(17)22/h2-3,6-11,19H,4-5,12-14H2,1H3,(H,23,25). The van der Waals surface area contributed by atoms with Gasteiger partial charge in [0, 0.05) is 17.1 Å². The molecule has 0 radical (unpaired) electrons. The van der Waals surface area contributed by atoms with Gasteiger partial charge in [-0.2, -0.15) is 0 Å². The predicted molar refractivity (Wildman–Crippen MR) is 105 cm³/mol. The van der Waals surface area contributed by atoms with Crippen molar-refractivity contribution < 1.29 is 14.3 Å². The summed E-state index contributed by atoms with van der Waals surface area (Å²) in [6.07, 6.45) is 2.31. The van der Waals surface area contributed by atoms with Gasteiger partial charge in [-0.05, 0) is 61.8 Å². The number of esters is 1. The number of carbonyl (C=O) groups is 2. The quantitative estimate of drug-likeness (QED) is 0.769. The minimum Gasteiger partial charge on any atom is -0.465 e. The zero-order valence-corrected chi connectivity index (χ0v) is 16.0. The van der Waals surface area contributed by atoms with Crippen molar-refractivity contribution in [1.82, 2.24) is 10.2 Å². The van der Waals surface area contributed by atoms with Crippen LogP contribution in [0.4, 0.5) is 0 Å². The fourth-order valence-corrected chi connectivity index (χ4v) is 3.66. The van der Waals surface area contributed by atoms with Gasteiger partial charge < -0.3 is 10.1 Å². The molecule has 0 aliphatic carbocycles. The monoisotopic (exact) mass is 386 g/mol. The van der Waals surface area contributed by atoms with Gasteiger partial charge in [0.1, 0.15) is 0 Å². The van der Waals surface area contributed by atoms with E-state index in [1.807, 2.05) is 24.3 Å². The van der Waals surface area contributed by atoms with Crippen LogP contribution in [0.15, 0.2) is 48.5 Å². The van der Waals surface area contributed by atoms with E-state index in [-0.39, 0.29) is 11.9 Å². The van der Waals surface area contributed by atoms with Gasteiger partial charge in [0.15, 0.2) is 0 Å². The van der Waals surface area contributed by atoms with E-state index in [1.54, 1.807) is 24.3 Å². The lowest BCUT2D eigenvalue weighted by atomic mass is 10.0. The first-order valence-corrected chi connectivity index (χ1v) is 9.43. The van der Waals surface area contributed by atoms with Crippen molar-refractivity contribution in [2.45, 2.75) is 18.9 Å². The van der Waals surface area contributed by atoms with Gasteiger partial charge in [-0.3, -0.25) is 9.69 Å². The maximum absolute atomic E-state index is 12.6. The van der Waals surface area contributed by atoms with E-state index in [2.05, 4.69) is 15.0 Å². The zero-order chi connectivity index (χ0) is 19.2. The minimum absolute atomic E-state index is 0.0412. The Kier molecular flexibility index (Phi) is 6.48. The maximum atomic E-state index is 12.6. The maximum Gasteiger partial charge on any atom is 0.337 e. The lowest BCUT2D eigenvalue weighted by molar-refractivity contribution is 0.0600.